The second-order valence-corrected chi connectivity index (χ2v) is 3.54. The maximum atomic E-state index is 11.9. The van der Waals surface area contributed by atoms with E-state index in [-0.39, 0.29) is 12.6 Å². The van der Waals surface area contributed by atoms with Gasteiger partial charge in [-0.2, -0.15) is 18.4 Å². The molecule has 1 atom stereocenters. The Hall–Kier alpha value is -0.760. The molecule has 14 heavy (non-hydrogen) atoms. The second kappa shape index (κ2) is 4.65. The largest absolute Gasteiger partial charge is 0.390 e. The lowest BCUT2D eigenvalue weighted by Gasteiger charge is -2.31. The third-order valence-corrected chi connectivity index (χ3v) is 2.45. The van der Waals surface area contributed by atoms with Crippen molar-refractivity contribution in [2.75, 3.05) is 13.1 Å². The molecule has 1 rings (SSSR count). The minimum Gasteiger partial charge on any atom is -0.288 e. The molecule has 1 heterocycles. The summed E-state index contributed by atoms with van der Waals surface area (Å²) in [7, 11) is 0. The van der Waals surface area contributed by atoms with Crippen LogP contribution in [0, 0.1) is 11.3 Å². The molecule has 2 nitrogen and oxygen atoms in total. The Morgan fingerprint density at radius 2 is 2.07 bits per heavy atom. The van der Waals surface area contributed by atoms with E-state index < -0.39 is 12.6 Å². The predicted octanol–water partition coefficient (Wildman–Crippen LogP) is 2.32. The topological polar surface area (TPSA) is 27.0 Å². The van der Waals surface area contributed by atoms with E-state index in [1.54, 1.807) is 4.90 Å². The summed E-state index contributed by atoms with van der Waals surface area (Å²) in [6.45, 7) is 0.579. The summed E-state index contributed by atoms with van der Waals surface area (Å²) in [4.78, 5) is 1.64. The van der Waals surface area contributed by atoms with Gasteiger partial charge in [0.1, 0.15) is 0 Å². The first-order valence-corrected chi connectivity index (χ1v) is 4.73. The number of nitriles is 1. The van der Waals surface area contributed by atoms with Crippen molar-refractivity contribution in [2.45, 2.75) is 37.9 Å². The Kier molecular flexibility index (Phi) is 3.76. The highest BCUT2D eigenvalue weighted by Gasteiger charge is 2.30. The van der Waals surface area contributed by atoms with Crippen molar-refractivity contribution in [3.05, 3.63) is 0 Å². The van der Waals surface area contributed by atoms with Gasteiger partial charge in [0.25, 0.3) is 0 Å². The third-order valence-electron chi connectivity index (χ3n) is 2.45. The minimum absolute atomic E-state index is 0.0400. The number of piperidine rings is 1. The summed E-state index contributed by atoms with van der Waals surface area (Å²) in [6, 6.07) is 1.74. The fourth-order valence-electron chi connectivity index (χ4n) is 1.68. The fraction of sp³-hybridized carbons (Fsp3) is 0.889. The van der Waals surface area contributed by atoms with Crippen molar-refractivity contribution in [1.82, 2.24) is 4.90 Å². The van der Waals surface area contributed by atoms with Gasteiger partial charge in [0.15, 0.2) is 0 Å². The predicted molar refractivity (Wildman–Crippen MR) is 45.5 cm³/mol. The molecule has 0 aliphatic carbocycles. The van der Waals surface area contributed by atoms with Crippen molar-refractivity contribution in [3.63, 3.8) is 0 Å². The van der Waals surface area contributed by atoms with E-state index in [1.165, 1.54) is 0 Å². The number of hydrogen-bond donors (Lipinski definition) is 0. The van der Waals surface area contributed by atoms with Gasteiger partial charge in [-0.25, -0.2) is 0 Å². The zero-order chi connectivity index (χ0) is 10.6. The number of alkyl halides is 3. The normalized spacial score (nSPS) is 24.6. The molecule has 0 radical (unpaired) electrons. The Balaban J connectivity index is 2.38. The molecule has 1 unspecified atom stereocenters. The number of rotatable bonds is 2. The van der Waals surface area contributed by atoms with Gasteiger partial charge in [-0.05, 0) is 25.8 Å². The summed E-state index contributed by atoms with van der Waals surface area (Å²) in [6.07, 6.45) is -2.38. The van der Waals surface area contributed by atoms with Crippen molar-refractivity contribution in [3.8, 4) is 6.07 Å². The lowest BCUT2D eigenvalue weighted by molar-refractivity contribution is -0.139. The Labute approximate surface area is 81.3 Å². The van der Waals surface area contributed by atoms with Crippen LogP contribution in [0.2, 0.25) is 0 Å². The summed E-state index contributed by atoms with van der Waals surface area (Å²) in [5.74, 6) is 0. The maximum Gasteiger partial charge on any atom is 0.390 e. The van der Waals surface area contributed by atoms with Crippen LogP contribution in [-0.4, -0.2) is 30.2 Å². The molecule has 80 valence electrons. The van der Waals surface area contributed by atoms with Crippen LogP contribution < -0.4 is 0 Å². The van der Waals surface area contributed by atoms with Crippen molar-refractivity contribution in [1.29, 1.82) is 5.26 Å². The highest BCUT2D eigenvalue weighted by atomic mass is 19.4. The van der Waals surface area contributed by atoms with Crippen LogP contribution >= 0.6 is 0 Å². The van der Waals surface area contributed by atoms with E-state index in [1.807, 2.05) is 6.07 Å². The summed E-state index contributed by atoms with van der Waals surface area (Å²) < 4.78 is 35.8. The molecule has 0 saturated carbocycles. The summed E-state index contributed by atoms with van der Waals surface area (Å²) in [5, 5.41) is 8.72. The third kappa shape index (κ3) is 3.54. The molecule has 5 heteroatoms. The molecular formula is C9H13F3N2. The van der Waals surface area contributed by atoms with E-state index in [0.29, 0.717) is 13.0 Å². The van der Waals surface area contributed by atoms with Gasteiger partial charge in [-0.3, -0.25) is 4.90 Å². The number of likely N-dealkylation sites (tertiary alicyclic amines) is 1. The molecule has 0 N–H and O–H groups in total. The lowest BCUT2D eigenvalue weighted by Crippen LogP contribution is -2.40. The van der Waals surface area contributed by atoms with Gasteiger partial charge in [0, 0.05) is 6.54 Å². The Bertz CT molecular complexity index is 219. The van der Waals surface area contributed by atoms with Gasteiger partial charge in [0.05, 0.1) is 18.5 Å². The van der Waals surface area contributed by atoms with Crippen LogP contribution in [-0.2, 0) is 0 Å². The highest BCUT2D eigenvalue weighted by molar-refractivity contribution is 4.94. The molecule has 1 aliphatic rings. The molecule has 1 fully saturated rings. The van der Waals surface area contributed by atoms with Crippen LogP contribution in [0.1, 0.15) is 25.7 Å². The lowest BCUT2D eigenvalue weighted by atomic mass is 10.0. The van der Waals surface area contributed by atoms with E-state index in [9.17, 15) is 13.2 Å². The molecule has 0 aromatic rings. The molecule has 0 spiro atoms. The molecule has 0 amide bonds. The van der Waals surface area contributed by atoms with Crippen LogP contribution in [0.4, 0.5) is 13.2 Å². The highest BCUT2D eigenvalue weighted by Crippen LogP contribution is 2.23. The average molecular weight is 206 g/mol. The van der Waals surface area contributed by atoms with E-state index in [2.05, 4.69) is 0 Å². The molecule has 0 aromatic heterocycles. The summed E-state index contributed by atoms with van der Waals surface area (Å²) >= 11 is 0. The monoisotopic (exact) mass is 206 g/mol. The minimum atomic E-state index is -4.11. The summed E-state index contributed by atoms with van der Waals surface area (Å²) in [5.41, 5.74) is 0. The maximum absolute atomic E-state index is 11.9. The first-order valence-electron chi connectivity index (χ1n) is 4.73. The number of halogens is 3. The fourth-order valence-corrected chi connectivity index (χ4v) is 1.68. The van der Waals surface area contributed by atoms with E-state index >= 15 is 0 Å². The smallest absolute Gasteiger partial charge is 0.288 e. The van der Waals surface area contributed by atoms with Crippen LogP contribution in [0.3, 0.4) is 0 Å². The van der Waals surface area contributed by atoms with E-state index in [0.717, 1.165) is 12.8 Å². The number of hydrogen-bond acceptors (Lipinski definition) is 2. The quantitative estimate of drug-likeness (QED) is 0.693. The number of nitrogens with zero attached hydrogens (tertiary/aromatic N) is 2. The Morgan fingerprint density at radius 3 is 2.64 bits per heavy atom. The van der Waals surface area contributed by atoms with Crippen molar-refractivity contribution < 1.29 is 13.2 Å². The van der Waals surface area contributed by atoms with Crippen molar-refractivity contribution >= 4 is 0 Å². The van der Waals surface area contributed by atoms with Gasteiger partial charge in [-0.1, -0.05) is 0 Å². The van der Waals surface area contributed by atoms with Crippen molar-refractivity contribution in [2.24, 2.45) is 0 Å². The van der Waals surface area contributed by atoms with Gasteiger partial charge in [0.2, 0.25) is 0 Å². The molecular weight excluding hydrogens is 193 g/mol. The van der Waals surface area contributed by atoms with Gasteiger partial charge in [-0.15, -0.1) is 0 Å². The molecule has 0 bridgehead atoms. The zero-order valence-corrected chi connectivity index (χ0v) is 7.85. The Morgan fingerprint density at radius 1 is 1.36 bits per heavy atom. The second-order valence-electron chi connectivity index (χ2n) is 3.54. The standard InChI is InChI=1S/C9H13F3N2/c10-9(11,12)4-6-14-5-2-1-3-8(14)7-13/h8H,1-6H2. The molecule has 0 aromatic carbocycles. The molecule has 1 aliphatic heterocycles. The van der Waals surface area contributed by atoms with Crippen LogP contribution in [0.25, 0.3) is 0 Å². The van der Waals surface area contributed by atoms with E-state index in [4.69, 9.17) is 5.26 Å². The van der Waals surface area contributed by atoms with Gasteiger partial charge >= 0.3 is 6.18 Å². The first kappa shape index (κ1) is 11.3. The SMILES string of the molecule is N#CC1CCCCN1CCC(F)(F)F. The van der Waals surface area contributed by atoms with Crippen LogP contribution in [0.15, 0.2) is 0 Å². The first-order chi connectivity index (χ1) is 6.53. The molecule has 1 saturated heterocycles. The van der Waals surface area contributed by atoms with Crippen LogP contribution in [0.5, 0.6) is 0 Å². The van der Waals surface area contributed by atoms with Gasteiger partial charge < -0.3 is 0 Å². The zero-order valence-electron chi connectivity index (χ0n) is 7.85. The average Bonchev–Trinajstić information content (AvgIpc) is 2.14.